The smallest absolute Gasteiger partial charge is 0.343 e. The summed E-state index contributed by atoms with van der Waals surface area (Å²) in [6.45, 7) is 4.13. The van der Waals surface area contributed by atoms with Gasteiger partial charge in [-0.25, -0.2) is 9.59 Å². The van der Waals surface area contributed by atoms with Crippen LogP contribution in [0.2, 0.25) is 0 Å². The summed E-state index contributed by atoms with van der Waals surface area (Å²) < 4.78 is 5.36. The van der Waals surface area contributed by atoms with Crippen LogP contribution in [0.3, 0.4) is 0 Å². The zero-order valence-electron chi connectivity index (χ0n) is 15.5. The summed E-state index contributed by atoms with van der Waals surface area (Å²) in [5.41, 5.74) is 1.96. The molecule has 0 radical (unpaired) electrons. The predicted molar refractivity (Wildman–Crippen MR) is 105 cm³/mol. The van der Waals surface area contributed by atoms with Crippen molar-refractivity contribution >= 4 is 11.9 Å². The van der Waals surface area contributed by atoms with Gasteiger partial charge in [0.1, 0.15) is 11.5 Å². The highest BCUT2D eigenvalue weighted by Crippen LogP contribution is 2.33. The molecule has 142 valence electrons. The Bertz CT molecular complexity index is 1000. The van der Waals surface area contributed by atoms with Gasteiger partial charge in [0.2, 0.25) is 0 Å². The second-order valence-corrected chi connectivity index (χ2v) is 6.97. The van der Waals surface area contributed by atoms with E-state index in [1.54, 1.807) is 24.3 Å². The molecule has 0 aliphatic rings. The fraction of sp³-hybridized carbons (Fsp3) is 0.130. The van der Waals surface area contributed by atoms with E-state index in [-0.39, 0.29) is 22.3 Å². The number of carboxylic acids is 1. The average molecular weight is 376 g/mol. The number of rotatable bonds is 5. The van der Waals surface area contributed by atoms with Crippen LogP contribution in [-0.4, -0.2) is 22.2 Å². The molecule has 3 aromatic carbocycles. The molecule has 0 atom stereocenters. The number of phenolic OH excluding ortho intramolecular Hbond substituents is 1. The number of aromatic hydroxyl groups is 1. The minimum atomic E-state index is -1.10. The van der Waals surface area contributed by atoms with Gasteiger partial charge in [-0.3, -0.25) is 0 Å². The molecule has 0 unspecified atom stereocenters. The quantitative estimate of drug-likeness (QED) is 0.501. The van der Waals surface area contributed by atoms with Crippen LogP contribution in [0.15, 0.2) is 72.8 Å². The molecule has 0 spiro atoms. The highest BCUT2D eigenvalue weighted by molar-refractivity contribution is 5.95. The largest absolute Gasteiger partial charge is 0.508 e. The van der Waals surface area contributed by atoms with Crippen LogP contribution >= 0.6 is 0 Å². The summed E-state index contributed by atoms with van der Waals surface area (Å²) in [6.07, 6.45) is 0. The van der Waals surface area contributed by atoms with Crippen LogP contribution in [0.4, 0.5) is 0 Å². The minimum Gasteiger partial charge on any atom is -0.508 e. The molecule has 2 N–H and O–H groups in total. The fourth-order valence-corrected chi connectivity index (χ4v) is 2.93. The van der Waals surface area contributed by atoms with Gasteiger partial charge >= 0.3 is 11.9 Å². The first kappa shape index (κ1) is 19.2. The van der Waals surface area contributed by atoms with Crippen LogP contribution in [-0.2, 0) is 5.41 Å². The van der Waals surface area contributed by atoms with Crippen LogP contribution < -0.4 is 4.74 Å². The van der Waals surface area contributed by atoms with Crippen molar-refractivity contribution < 1.29 is 24.5 Å². The molecule has 28 heavy (non-hydrogen) atoms. The van der Waals surface area contributed by atoms with Crippen molar-refractivity contribution in [3.05, 3.63) is 95.1 Å². The van der Waals surface area contributed by atoms with E-state index >= 15 is 0 Å². The van der Waals surface area contributed by atoms with E-state index in [1.807, 2.05) is 24.3 Å². The van der Waals surface area contributed by atoms with Gasteiger partial charge in [-0.05, 0) is 53.6 Å². The molecular formula is C23H20O5. The maximum absolute atomic E-state index is 12.3. The van der Waals surface area contributed by atoms with Crippen LogP contribution in [0.5, 0.6) is 11.5 Å². The number of carbonyl (C=O) groups is 2. The second kappa shape index (κ2) is 7.56. The van der Waals surface area contributed by atoms with E-state index < -0.39 is 11.9 Å². The summed E-state index contributed by atoms with van der Waals surface area (Å²) in [7, 11) is 0. The standard InChI is InChI=1S/C23H20O5/c1-23(2,17-6-10-19(24)11-7-17)18-8-12-20(13-9-18)28-22(27)16-5-3-4-15(14-16)21(25)26/h3-14,24H,1-2H3,(H,25,26). The van der Waals surface area contributed by atoms with Gasteiger partial charge in [0.15, 0.2) is 0 Å². The normalized spacial score (nSPS) is 11.1. The molecule has 0 aliphatic carbocycles. The van der Waals surface area contributed by atoms with Crippen molar-refractivity contribution in [2.45, 2.75) is 19.3 Å². The van der Waals surface area contributed by atoms with E-state index in [4.69, 9.17) is 9.84 Å². The molecular weight excluding hydrogens is 356 g/mol. The average Bonchev–Trinajstić information content (AvgIpc) is 2.69. The van der Waals surface area contributed by atoms with Crippen molar-refractivity contribution in [2.24, 2.45) is 0 Å². The maximum Gasteiger partial charge on any atom is 0.343 e. The maximum atomic E-state index is 12.3. The Morgan fingerprint density at radius 2 is 1.36 bits per heavy atom. The summed E-state index contributed by atoms with van der Waals surface area (Å²) >= 11 is 0. The monoisotopic (exact) mass is 376 g/mol. The van der Waals surface area contributed by atoms with Gasteiger partial charge in [0.25, 0.3) is 0 Å². The van der Waals surface area contributed by atoms with Crippen LogP contribution in [0.1, 0.15) is 45.7 Å². The van der Waals surface area contributed by atoms with Gasteiger partial charge in [0, 0.05) is 5.41 Å². The summed E-state index contributed by atoms with van der Waals surface area (Å²) in [5, 5.41) is 18.5. The van der Waals surface area contributed by atoms with Gasteiger partial charge in [-0.2, -0.15) is 0 Å². The summed E-state index contributed by atoms with van der Waals surface area (Å²) in [4.78, 5) is 23.3. The van der Waals surface area contributed by atoms with E-state index in [2.05, 4.69) is 13.8 Å². The number of carbonyl (C=O) groups excluding carboxylic acids is 1. The van der Waals surface area contributed by atoms with Gasteiger partial charge in [0.05, 0.1) is 11.1 Å². The van der Waals surface area contributed by atoms with E-state index in [1.165, 1.54) is 24.3 Å². The highest BCUT2D eigenvalue weighted by atomic mass is 16.5. The lowest BCUT2D eigenvalue weighted by Crippen LogP contribution is -2.18. The predicted octanol–water partition coefficient (Wildman–Crippen LogP) is 4.64. The Kier molecular flexibility index (Phi) is 5.18. The Morgan fingerprint density at radius 3 is 1.93 bits per heavy atom. The number of phenols is 1. The number of hydrogen-bond donors (Lipinski definition) is 2. The Balaban J connectivity index is 1.77. The van der Waals surface area contributed by atoms with Crippen molar-refractivity contribution in [1.82, 2.24) is 0 Å². The molecule has 3 aromatic rings. The molecule has 0 saturated carbocycles. The SMILES string of the molecule is CC(C)(c1ccc(O)cc1)c1ccc(OC(=O)c2cccc(C(=O)O)c2)cc1. The number of esters is 1. The zero-order valence-corrected chi connectivity index (χ0v) is 15.5. The van der Waals surface area contributed by atoms with Crippen molar-refractivity contribution in [2.75, 3.05) is 0 Å². The summed E-state index contributed by atoms with van der Waals surface area (Å²) in [5.74, 6) is -1.13. The van der Waals surface area contributed by atoms with E-state index in [0.717, 1.165) is 11.1 Å². The van der Waals surface area contributed by atoms with E-state index in [0.29, 0.717) is 5.75 Å². The minimum absolute atomic E-state index is 0.0282. The molecule has 5 heteroatoms. The van der Waals surface area contributed by atoms with E-state index in [9.17, 15) is 14.7 Å². The molecule has 3 rings (SSSR count). The number of aromatic carboxylic acids is 1. The lowest BCUT2D eigenvalue weighted by molar-refractivity contribution is 0.0697. The molecule has 0 bridgehead atoms. The molecule has 0 aromatic heterocycles. The summed E-state index contributed by atoms with van der Waals surface area (Å²) in [6, 6.07) is 19.9. The highest BCUT2D eigenvalue weighted by Gasteiger charge is 2.23. The third kappa shape index (κ3) is 4.04. The number of benzene rings is 3. The van der Waals surface area contributed by atoms with Crippen LogP contribution in [0, 0.1) is 0 Å². The first-order valence-corrected chi connectivity index (χ1v) is 8.73. The van der Waals surface area contributed by atoms with Gasteiger partial charge in [-0.1, -0.05) is 44.2 Å². The first-order chi connectivity index (χ1) is 13.3. The fourth-order valence-electron chi connectivity index (χ4n) is 2.93. The lowest BCUT2D eigenvalue weighted by Gasteiger charge is -2.26. The van der Waals surface area contributed by atoms with Crippen molar-refractivity contribution in [1.29, 1.82) is 0 Å². The molecule has 0 saturated heterocycles. The molecule has 0 aliphatic heterocycles. The van der Waals surface area contributed by atoms with Crippen molar-refractivity contribution in [3.8, 4) is 11.5 Å². The number of ether oxygens (including phenoxy) is 1. The van der Waals surface area contributed by atoms with Gasteiger partial charge in [-0.15, -0.1) is 0 Å². The third-order valence-electron chi connectivity index (χ3n) is 4.72. The van der Waals surface area contributed by atoms with Crippen molar-refractivity contribution in [3.63, 3.8) is 0 Å². The number of hydrogen-bond acceptors (Lipinski definition) is 4. The topological polar surface area (TPSA) is 83.8 Å². The lowest BCUT2D eigenvalue weighted by atomic mass is 9.78. The van der Waals surface area contributed by atoms with Crippen LogP contribution in [0.25, 0.3) is 0 Å². The third-order valence-corrected chi connectivity index (χ3v) is 4.72. The Hall–Kier alpha value is -3.60. The molecule has 5 nitrogen and oxygen atoms in total. The second-order valence-electron chi connectivity index (χ2n) is 6.97. The Labute approximate surface area is 162 Å². The molecule has 0 amide bonds. The molecule has 0 fully saturated rings. The Morgan fingerprint density at radius 1 is 0.821 bits per heavy atom. The zero-order chi connectivity index (χ0) is 20.3. The van der Waals surface area contributed by atoms with Gasteiger partial charge < -0.3 is 14.9 Å². The first-order valence-electron chi connectivity index (χ1n) is 8.73. The number of carboxylic acid groups (broad SMARTS) is 1. The molecule has 0 heterocycles.